The van der Waals surface area contributed by atoms with Gasteiger partial charge in [-0.2, -0.15) is 0 Å². The molecular formula is C12H12BrN3O. The van der Waals surface area contributed by atoms with Crippen LogP contribution >= 0.6 is 15.9 Å². The molecule has 0 saturated carbocycles. The fraction of sp³-hybridized carbons (Fsp3) is 0.167. The van der Waals surface area contributed by atoms with Gasteiger partial charge in [0.1, 0.15) is 5.75 Å². The fourth-order valence-electron chi connectivity index (χ4n) is 1.39. The van der Waals surface area contributed by atoms with E-state index in [0.717, 1.165) is 15.9 Å². The number of rotatable bonds is 3. The summed E-state index contributed by atoms with van der Waals surface area (Å²) in [5.41, 5.74) is 7.17. The van der Waals surface area contributed by atoms with Crippen molar-refractivity contribution >= 4 is 15.9 Å². The summed E-state index contributed by atoms with van der Waals surface area (Å²) in [5, 5.41) is 0. The van der Waals surface area contributed by atoms with Crippen molar-refractivity contribution in [1.29, 1.82) is 0 Å². The lowest BCUT2D eigenvalue weighted by atomic mass is 10.3. The van der Waals surface area contributed by atoms with Crippen LogP contribution in [0.25, 0.3) is 0 Å². The van der Waals surface area contributed by atoms with Crippen LogP contribution in [-0.4, -0.2) is 9.97 Å². The standard InChI is InChI=1S/C12H12BrN3O/c1-8-11(3-2-4-15-8)17-12-5-9(13)7-16-10(12)6-14/h2-5,7H,6,14H2,1H3. The normalized spacial score (nSPS) is 10.3. The second-order valence-electron chi connectivity index (χ2n) is 3.49. The number of ether oxygens (including phenoxy) is 1. The molecule has 0 saturated heterocycles. The molecule has 2 N–H and O–H groups in total. The van der Waals surface area contributed by atoms with E-state index in [1.54, 1.807) is 12.4 Å². The molecule has 88 valence electrons. The van der Waals surface area contributed by atoms with Crippen molar-refractivity contribution < 1.29 is 4.74 Å². The minimum atomic E-state index is 0.335. The molecule has 0 fully saturated rings. The third kappa shape index (κ3) is 2.81. The molecule has 17 heavy (non-hydrogen) atoms. The van der Waals surface area contributed by atoms with Crippen LogP contribution in [0.2, 0.25) is 0 Å². The lowest BCUT2D eigenvalue weighted by Gasteiger charge is -2.10. The molecule has 0 spiro atoms. The largest absolute Gasteiger partial charge is 0.453 e. The highest BCUT2D eigenvalue weighted by atomic mass is 79.9. The summed E-state index contributed by atoms with van der Waals surface area (Å²) in [5.74, 6) is 1.36. The van der Waals surface area contributed by atoms with Gasteiger partial charge in [-0.3, -0.25) is 9.97 Å². The number of aryl methyl sites for hydroxylation is 1. The van der Waals surface area contributed by atoms with Crippen molar-refractivity contribution in [2.24, 2.45) is 5.73 Å². The second-order valence-corrected chi connectivity index (χ2v) is 4.41. The van der Waals surface area contributed by atoms with E-state index in [1.807, 2.05) is 25.1 Å². The first-order valence-electron chi connectivity index (χ1n) is 5.14. The number of halogens is 1. The number of hydrogen-bond acceptors (Lipinski definition) is 4. The number of nitrogens with zero attached hydrogens (tertiary/aromatic N) is 2. The topological polar surface area (TPSA) is 61.0 Å². The van der Waals surface area contributed by atoms with Gasteiger partial charge in [0.2, 0.25) is 0 Å². The maximum Gasteiger partial charge on any atom is 0.151 e. The average Bonchev–Trinajstić information content (AvgIpc) is 2.32. The molecule has 0 unspecified atom stereocenters. The molecule has 2 aromatic heterocycles. The van der Waals surface area contributed by atoms with Crippen LogP contribution in [0.1, 0.15) is 11.4 Å². The van der Waals surface area contributed by atoms with Gasteiger partial charge in [-0.05, 0) is 41.1 Å². The van der Waals surface area contributed by atoms with Gasteiger partial charge >= 0.3 is 0 Å². The fourth-order valence-corrected chi connectivity index (χ4v) is 1.70. The van der Waals surface area contributed by atoms with Crippen molar-refractivity contribution in [1.82, 2.24) is 9.97 Å². The zero-order valence-electron chi connectivity index (χ0n) is 9.35. The average molecular weight is 294 g/mol. The Labute approximate surface area is 108 Å². The van der Waals surface area contributed by atoms with Gasteiger partial charge in [-0.25, -0.2) is 0 Å². The molecule has 2 aromatic rings. The van der Waals surface area contributed by atoms with Crippen LogP contribution in [0.5, 0.6) is 11.5 Å². The Morgan fingerprint density at radius 3 is 2.88 bits per heavy atom. The summed E-state index contributed by atoms with van der Waals surface area (Å²) in [4.78, 5) is 8.37. The van der Waals surface area contributed by atoms with Crippen LogP contribution in [0, 0.1) is 6.92 Å². The predicted molar refractivity (Wildman–Crippen MR) is 68.9 cm³/mol. The summed E-state index contributed by atoms with van der Waals surface area (Å²) in [6, 6.07) is 5.54. The molecule has 0 aliphatic heterocycles. The van der Waals surface area contributed by atoms with E-state index in [4.69, 9.17) is 10.5 Å². The minimum absolute atomic E-state index is 0.335. The monoisotopic (exact) mass is 293 g/mol. The van der Waals surface area contributed by atoms with Gasteiger partial charge in [-0.15, -0.1) is 0 Å². The Balaban J connectivity index is 2.35. The van der Waals surface area contributed by atoms with E-state index < -0.39 is 0 Å². The first kappa shape index (κ1) is 12.0. The maximum atomic E-state index is 5.78. The predicted octanol–water partition coefficient (Wildman–Crippen LogP) is 2.80. The summed E-state index contributed by atoms with van der Waals surface area (Å²) in [7, 11) is 0. The lowest BCUT2D eigenvalue weighted by molar-refractivity contribution is 0.465. The van der Waals surface area contributed by atoms with Crippen LogP contribution in [0.3, 0.4) is 0 Å². The summed E-state index contributed by atoms with van der Waals surface area (Å²) >= 11 is 3.36. The van der Waals surface area contributed by atoms with Crippen molar-refractivity contribution in [3.05, 3.63) is 46.5 Å². The number of aromatic nitrogens is 2. The van der Waals surface area contributed by atoms with Crippen molar-refractivity contribution in [3.63, 3.8) is 0 Å². The molecule has 2 rings (SSSR count). The van der Waals surface area contributed by atoms with Gasteiger partial charge in [-0.1, -0.05) is 0 Å². The van der Waals surface area contributed by atoms with E-state index in [0.29, 0.717) is 18.0 Å². The highest BCUT2D eigenvalue weighted by Gasteiger charge is 2.08. The minimum Gasteiger partial charge on any atom is -0.453 e. The van der Waals surface area contributed by atoms with Gasteiger partial charge < -0.3 is 10.5 Å². The van der Waals surface area contributed by atoms with Crippen LogP contribution < -0.4 is 10.5 Å². The van der Waals surface area contributed by atoms with E-state index in [1.165, 1.54) is 0 Å². The molecule has 5 heteroatoms. The highest BCUT2D eigenvalue weighted by molar-refractivity contribution is 9.10. The molecule has 0 aliphatic rings. The Bertz CT molecular complexity index is 531. The Hall–Kier alpha value is -1.46. The molecule has 0 atom stereocenters. The summed E-state index contributed by atoms with van der Waals surface area (Å²) < 4.78 is 6.63. The molecular weight excluding hydrogens is 282 g/mol. The Morgan fingerprint density at radius 2 is 2.18 bits per heavy atom. The molecule has 2 heterocycles. The third-order valence-corrected chi connectivity index (χ3v) is 2.70. The zero-order valence-corrected chi connectivity index (χ0v) is 10.9. The Morgan fingerprint density at radius 1 is 1.35 bits per heavy atom. The molecule has 0 amide bonds. The summed E-state index contributed by atoms with van der Waals surface area (Å²) in [6.07, 6.45) is 3.43. The van der Waals surface area contributed by atoms with E-state index in [2.05, 4.69) is 25.9 Å². The van der Waals surface area contributed by atoms with Crippen molar-refractivity contribution in [3.8, 4) is 11.5 Å². The van der Waals surface area contributed by atoms with Crippen molar-refractivity contribution in [2.45, 2.75) is 13.5 Å². The molecule has 4 nitrogen and oxygen atoms in total. The highest BCUT2D eigenvalue weighted by Crippen LogP contribution is 2.27. The SMILES string of the molecule is Cc1ncccc1Oc1cc(Br)cnc1CN. The van der Waals surface area contributed by atoms with Crippen LogP contribution in [0.15, 0.2) is 35.1 Å². The first-order chi connectivity index (χ1) is 8.20. The number of nitrogens with two attached hydrogens (primary N) is 1. The smallest absolute Gasteiger partial charge is 0.151 e. The Kier molecular flexibility index (Phi) is 3.71. The molecule has 0 aromatic carbocycles. The lowest BCUT2D eigenvalue weighted by Crippen LogP contribution is -2.02. The molecule has 0 radical (unpaired) electrons. The first-order valence-corrected chi connectivity index (χ1v) is 5.94. The van der Waals surface area contributed by atoms with Crippen molar-refractivity contribution in [2.75, 3.05) is 0 Å². The maximum absolute atomic E-state index is 5.78. The van der Waals surface area contributed by atoms with Gasteiger partial charge in [0.05, 0.1) is 11.4 Å². The zero-order chi connectivity index (χ0) is 12.3. The number of pyridine rings is 2. The second kappa shape index (κ2) is 5.25. The van der Waals surface area contributed by atoms with Gasteiger partial charge in [0.25, 0.3) is 0 Å². The molecule has 0 bridgehead atoms. The van der Waals surface area contributed by atoms with Crippen LogP contribution in [0.4, 0.5) is 0 Å². The quantitative estimate of drug-likeness (QED) is 0.945. The third-order valence-electron chi connectivity index (χ3n) is 2.27. The van der Waals surface area contributed by atoms with E-state index in [-0.39, 0.29) is 0 Å². The van der Waals surface area contributed by atoms with E-state index >= 15 is 0 Å². The van der Waals surface area contributed by atoms with Gasteiger partial charge in [0.15, 0.2) is 5.75 Å². The number of hydrogen-bond donors (Lipinski definition) is 1. The molecule has 0 aliphatic carbocycles. The van der Waals surface area contributed by atoms with Crippen LogP contribution in [-0.2, 0) is 6.54 Å². The van der Waals surface area contributed by atoms with Gasteiger partial charge in [0, 0.05) is 23.4 Å². The summed E-state index contributed by atoms with van der Waals surface area (Å²) in [6.45, 7) is 2.23. The van der Waals surface area contributed by atoms with E-state index in [9.17, 15) is 0 Å².